The lowest BCUT2D eigenvalue weighted by molar-refractivity contribution is -0.122. The summed E-state index contributed by atoms with van der Waals surface area (Å²) in [6.07, 6.45) is 1.69. The average molecular weight is 392 g/mol. The van der Waals surface area contributed by atoms with Gasteiger partial charge in [0.2, 0.25) is 15.9 Å². The van der Waals surface area contributed by atoms with Crippen molar-refractivity contribution in [3.05, 3.63) is 65.5 Å². The summed E-state index contributed by atoms with van der Waals surface area (Å²) < 4.78 is 38.8. The third kappa shape index (κ3) is 5.29. The van der Waals surface area contributed by atoms with E-state index in [0.717, 1.165) is 21.7 Å². The minimum Gasteiger partial charge on any atom is -0.347 e. The Labute approximate surface area is 160 Å². The maximum atomic E-state index is 13.2. The van der Waals surface area contributed by atoms with Crippen molar-refractivity contribution in [2.75, 3.05) is 10.6 Å². The molecule has 0 aromatic heterocycles. The van der Waals surface area contributed by atoms with Crippen LogP contribution < -0.4 is 9.62 Å². The molecule has 2 aromatic rings. The number of hydrogen-bond acceptors (Lipinski definition) is 3. The summed E-state index contributed by atoms with van der Waals surface area (Å²) in [5.74, 6) is -0.896. The van der Waals surface area contributed by atoms with Gasteiger partial charge in [-0.3, -0.25) is 9.10 Å². The van der Waals surface area contributed by atoms with Crippen LogP contribution in [0.3, 0.4) is 0 Å². The predicted octanol–water partition coefficient (Wildman–Crippen LogP) is 3.56. The quantitative estimate of drug-likeness (QED) is 0.784. The Morgan fingerprint density at radius 1 is 1.11 bits per heavy atom. The van der Waals surface area contributed by atoms with Crippen LogP contribution in [0.4, 0.5) is 10.1 Å². The first-order valence-corrected chi connectivity index (χ1v) is 10.6. The van der Waals surface area contributed by atoms with Crippen LogP contribution in [0.1, 0.15) is 37.4 Å². The maximum absolute atomic E-state index is 13.2. The number of anilines is 1. The van der Waals surface area contributed by atoms with Crippen LogP contribution in [-0.2, 0) is 14.8 Å². The standard InChI is InChI=1S/C20H25FN2O3S/c1-5-19(16-8-6-14(2)7-9-16)22-20(24)15(3)23(27(4,25)26)18-12-10-17(21)11-13-18/h6-13,15,19H,5H2,1-4H3,(H,22,24)/t15-,19-/m0/s1. The Morgan fingerprint density at radius 2 is 1.67 bits per heavy atom. The van der Waals surface area contributed by atoms with Gasteiger partial charge in [0.05, 0.1) is 18.0 Å². The number of rotatable bonds is 7. The van der Waals surface area contributed by atoms with Crippen molar-refractivity contribution in [2.24, 2.45) is 0 Å². The number of carbonyl (C=O) groups excluding carboxylic acids is 1. The van der Waals surface area contributed by atoms with Crippen LogP contribution in [0.15, 0.2) is 48.5 Å². The van der Waals surface area contributed by atoms with Gasteiger partial charge in [0.15, 0.2) is 0 Å². The molecular weight excluding hydrogens is 367 g/mol. The summed E-state index contributed by atoms with van der Waals surface area (Å²) in [6.45, 7) is 5.45. The van der Waals surface area contributed by atoms with Crippen molar-refractivity contribution in [1.82, 2.24) is 5.32 Å². The molecule has 1 amide bonds. The van der Waals surface area contributed by atoms with Crippen molar-refractivity contribution >= 4 is 21.6 Å². The molecule has 2 aromatic carbocycles. The molecule has 5 nitrogen and oxygen atoms in total. The van der Waals surface area contributed by atoms with Gasteiger partial charge in [-0.05, 0) is 50.1 Å². The summed E-state index contributed by atoms with van der Waals surface area (Å²) in [4.78, 5) is 12.8. The van der Waals surface area contributed by atoms with Gasteiger partial charge in [0, 0.05) is 0 Å². The van der Waals surface area contributed by atoms with Crippen molar-refractivity contribution in [2.45, 2.75) is 39.3 Å². The fourth-order valence-electron chi connectivity index (χ4n) is 2.91. The third-order valence-corrected chi connectivity index (χ3v) is 5.62. The molecule has 1 N–H and O–H groups in total. The molecular formula is C20H25FN2O3S. The Morgan fingerprint density at radius 3 is 2.15 bits per heavy atom. The topological polar surface area (TPSA) is 66.5 Å². The molecule has 146 valence electrons. The van der Waals surface area contributed by atoms with E-state index in [1.54, 1.807) is 0 Å². The van der Waals surface area contributed by atoms with E-state index in [1.165, 1.54) is 31.2 Å². The first-order chi connectivity index (χ1) is 12.6. The minimum absolute atomic E-state index is 0.227. The Balaban J connectivity index is 2.26. The van der Waals surface area contributed by atoms with Gasteiger partial charge >= 0.3 is 0 Å². The second kappa shape index (κ2) is 8.52. The number of amides is 1. The van der Waals surface area contributed by atoms with Crippen molar-refractivity contribution < 1.29 is 17.6 Å². The second-order valence-electron chi connectivity index (χ2n) is 6.59. The van der Waals surface area contributed by atoms with E-state index < -0.39 is 27.8 Å². The normalized spacial score (nSPS) is 13.7. The lowest BCUT2D eigenvalue weighted by atomic mass is 10.0. The van der Waals surface area contributed by atoms with E-state index in [9.17, 15) is 17.6 Å². The zero-order valence-corrected chi connectivity index (χ0v) is 16.8. The van der Waals surface area contributed by atoms with Crippen LogP contribution >= 0.6 is 0 Å². The van der Waals surface area contributed by atoms with E-state index in [1.807, 2.05) is 38.1 Å². The highest BCUT2D eigenvalue weighted by Crippen LogP contribution is 2.23. The monoisotopic (exact) mass is 392 g/mol. The fraction of sp³-hybridized carbons (Fsp3) is 0.350. The molecule has 0 saturated heterocycles. The molecule has 0 aliphatic heterocycles. The Hall–Kier alpha value is -2.41. The van der Waals surface area contributed by atoms with Crippen LogP contribution in [-0.4, -0.2) is 26.6 Å². The van der Waals surface area contributed by atoms with Crippen molar-refractivity contribution in [1.29, 1.82) is 0 Å². The molecule has 0 fully saturated rings. The zero-order valence-electron chi connectivity index (χ0n) is 15.9. The minimum atomic E-state index is -3.74. The van der Waals surface area contributed by atoms with Gasteiger partial charge < -0.3 is 5.32 Å². The highest BCUT2D eigenvalue weighted by Gasteiger charge is 2.30. The molecule has 0 saturated carbocycles. The van der Waals surface area contributed by atoms with Gasteiger partial charge in [0.1, 0.15) is 11.9 Å². The van der Waals surface area contributed by atoms with E-state index in [-0.39, 0.29) is 11.7 Å². The molecule has 0 radical (unpaired) electrons. The Kier molecular flexibility index (Phi) is 6.59. The number of aryl methyl sites for hydroxylation is 1. The van der Waals surface area contributed by atoms with Gasteiger partial charge in [-0.2, -0.15) is 0 Å². The van der Waals surface area contributed by atoms with Crippen LogP contribution in [0.25, 0.3) is 0 Å². The zero-order chi connectivity index (χ0) is 20.2. The molecule has 27 heavy (non-hydrogen) atoms. The fourth-order valence-corrected chi connectivity index (χ4v) is 4.08. The first-order valence-electron chi connectivity index (χ1n) is 8.75. The summed E-state index contributed by atoms with van der Waals surface area (Å²) in [7, 11) is -3.74. The summed E-state index contributed by atoms with van der Waals surface area (Å²) in [6, 6.07) is 11.6. The molecule has 0 bridgehead atoms. The number of halogens is 1. The van der Waals surface area contributed by atoms with Gasteiger partial charge in [-0.25, -0.2) is 12.8 Å². The molecule has 0 aliphatic carbocycles. The third-order valence-electron chi connectivity index (χ3n) is 4.37. The molecule has 2 rings (SSSR count). The highest BCUT2D eigenvalue weighted by atomic mass is 32.2. The largest absolute Gasteiger partial charge is 0.347 e. The smallest absolute Gasteiger partial charge is 0.244 e. The molecule has 0 heterocycles. The highest BCUT2D eigenvalue weighted by molar-refractivity contribution is 7.92. The van der Waals surface area contributed by atoms with E-state index in [4.69, 9.17) is 0 Å². The number of nitrogens with one attached hydrogen (secondary N) is 1. The number of carbonyl (C=O) groups is 1. The molecule has 0 unspecified atom stereocenters. The van der Waals surface area contributed by atoms with Gasteiger partial charge in [-0.15, -0.1) is 0 Å². The van der Waals surface area contributed by atoms with Crippen LogP contribution in [0.2, 0.25) is 0 Å². The number of sulfonamides is 1. The lowest BCUT2D eigenvalue weighted by Crippen LogP contribution is -2.48. The van der Waals surface area contributed by atoms with Crippen molar-refractivity contribution in [3.63, 3.8) is 0 Å². The lowest BCUT2D eigenvalue weighted by Gasteiger charge is -2.29. The number of hydrogen-bond donors (Lipinski definition) is 1. The predicted molar refractivity (Wildman–Crippen MR) is 106 cm³/mol. The summed E-state index contributed by atoms with van der Waals surface area (Å²) in [5.41, 5.74) is 2.31. The van der Waals surface area contributed by atoms with Crippen LogP contribution in [0, 0.1) is 12.7 Å². The van der Waals surface area contributed by atoms with E-state index in [2.05, 4.69) is 5.32 Å². The maximum Gasteiger partial charge on any atom is 0.244 e. The Bertz CT molecular complexity index is 880. The summed E-state index contributed by atoms with van der Waals surface area (Å²) >= 11 is 0. The summed E-state index contributed by atoms with van der Waals surface area (Å²) in [5, 5.41) is 2.92. The van der Waals surface area contributed by atoms with E-state index in [0.29, 0.717) is 6.42 Å². The van der Waals surface area contributed by atoms with Crippen molar-refractivity contribution in [3.8, 4) is 0 Å². The van der Waals surface area contributed by atoms with Gasteiger partial charge in [-0.1, -0.05) is 36.8 Å². The van der Waals surface area contributed by atoms with E-state index >= 15 is 0 Å². The number of benzene rings is 2. The van der Waals surface area contributed by atoms with Gasteiger partial charge in [0.25, 0.3) is 0 Å². The second-order valence-corrected chi connectivity index (χ2v) is 8.45. The molecule has 2 atom stereocenters. The average Bonchev–Trinajstić information content (AvgIpc) is 2.61. The number of nitrogens with zero attached hydrogens (tertiary/aromatic N) is 1. The SMILES string of the molecule is CC[C@H](NC(=O)[C@H](C)N(c1ccc(F)cc1)S(C)(=O)=O)c1ccc(C)cc1. The molecule has 7 heteroatoms. The van der Waals surface area contributed by atoms with Crippen LogP contribution in [0.5, 0.6) is 0 Å². The molecule has 0 aliphatic rings. The molecule has 0 spiro atoms. The first kappa shape index (κ1) is 20.9.